The minimum Gasteiger partial charge on any atom is -0.382 e. The highest BCUT2D eigenvalue weighted by molar-refractivity contribution is 6.30. The molecule has 2 aliphatic rings. The van der Waals surface area contributed by atoms with Gasteiger partial charge in [0.25, 0.3) is 11.8 Å². The Morgan fingerprint density at radius 2 is 0.817 bits per heavy atom. The maximum Gasteiger partial charge on any atom is 0.261 e. The zero-order valence-electron chi connectivity index (χ0n) is 34.1. The molecule has 0 bridgehead atoms. The number of methoxy groups -OCH3 is 2. The quantitative estimate of drug-likeness (QED) is 0.0457. The summed E-state index contributed by atoms with van der Waals surface area (Å²) in [5, 5.41) is 8.74. The van der Waals surface area contributed by atoms with Crippen molar-refractivity contribution in [3.8, 4) is 0 Å². The summed E-state index contributed by atoms with van der Waals surface area (Å²) in [5.41, 5.74) is 12.6. The first-order valence-corrected chi connectivity index (χ1v) is 19.9. The summed E-state index contributed by atoms with van der Waals surface area (Å²) in [5.74, 6) is -0.567. The first kappa shape index (κ1) is 43.6. The van der Waals surface area contributed by atoms with Crippen LogP contribution in [0.5, 0.6) is 0 Å². The number of hydrogen-bond donors (Lipinski definition) is 2. The van der Waals surface area contributed by atoms with Gasteiger partial charge in [-0.3, -0.25) is 20.4 Å². The topological polar surface area (TPSA) is 145 Å². The Bertz CT molecular complexity index is 1940. The molecule has 2 aliphatic heterocycles. The smallest absolute Gasteiger partial charge is 0.261 e. The number of nitrogens with one attached hydrogen (secondary N) is 2. The third-order valence-corrected chi connectivity index (χ3v) is 9.44. The van der Waals surface area contributed by atoms with Gasteiger partial charge in [0.05, 0.1) is 112 Å². The van der Waals surface area contributed by atoms with Crippen molar-refractivity contribution in [3.05, 3.63) is 143 Å². The number of hydrogen-bond acceptors (Lipinski definition) is 12. The number of nitrogens with zero attached hydrogens (tertiary/aromatic N) is 4. The number of ether oxygens (including phenoxy) is 6. The number of hydrazone groups is 2. The van der Waals surface area contributed by atoms with E-state index in [1.807, 2.05) is 109 Å². The van der Waals surface area contributed by atoms with Crippen molar-refractivity contribution in [2.24, 2.45) is 10.2 Å². The summed E-state index contributed by atoms with van der Waals surface area (Å²) in [7, 11) is 3.24. The molecule has 0 radical (unpaired) electrons. The second-order valence-electron chi connectivity index (χ2n) is 13.5. The fourth-order valence-electron chi connectivity index (χ4n) is 6.51. The van der Waals surface area contributed by atoms with Gasteiger partial charge in [0.1, 0.15) is 0 Å². The van der Waals surface area contributed by atoms with Gasteiger partial charge in [-0.05, 0) is 46.5 Å². The normalized spacial score (nSPS) is 14.1. The van der Waals surface area contributed by atoms with E-state index in [2.05, 4.69) is 21.1 Å². The van der Waals surface area contributed by atoms with Gasteiger partial charge >= 0.3 is 0 Å². The van der Waals surface area contributed by atoms with E-state index in [-0.39, 0.29) is 38.1 Å². The molecule has 0 unspecified atom stereocenters. The van der Waals surface area contributed by atoms with E-state index in [1.165, 1.54) is 0 Å². The van der Waals surface area contributed by atoms with Crippen LogP contribution in [0, 0.1) is 0 Å². The highest BCUT2D eigenvalue weighted by atomic mass is 16.5. The van der Waals surface area contributed by atoms with E-state index < -0.39 is 0 Å². The number of benzene rings is 4. The average Bonchev–Trinajstić information content (AvgIpc) is 3.73. The Morgan fingerprint density at radius 3 is 1.18 bits per heavy atom. The number of fused-ring (bicyclic) bond motifs is 1. The van der Waals surface area contributed by atoms with Crippen LogP contribution in [0.3, 0.4) is 0 Å². The Balaban J connectivity index is 1.28. The van der Waals surface area contributed by atoms with Crippen molar-refractivity contribution in [2.45, 2.75) is 0 Å². The number of anilines is 2. The van der Waals surface area contributed by atoms with Crippen molar-refractivity contribution in [1.29, 1.82) is 0 Å². The average molecular weight is 817 g/mol. The molecule has 6 rings (SSSR count). The fourth-order valence-corrected chi connectivity index (χ4v) is 6.51. The minimum absolute atomic E-state index is 0.222. The number of para-hydroxylation sites is 2. The third kappa shape index (κ3) is 12.0. The molecule has 0 fully saturated rings. The number of amides is 2. The molecule has 2 N–H and O–H groups in total. The van der Waals surface area contributed by atoms with Gasteiger partial charge < -0.3 is 38.2 Å². The largest absolute Gasteiger partial charge is 0.382 e. The molecule has 2 heterocycles. The van der Waals surface area contributed by atoms with Gasteiger partial charge in [-0.25, -0.2) is 0 Å². The first-order chi connectivity index (χ1) is 29.6. The summed E-state index contributed by atoms with van der Waals surface area (Å²) < 4.78 is 33.0. The molecule has 4 aromatic carbocycles. The lowest BCUT2D eigenvalue weighted by Gasteiger charge is -2.25. The van der Waals surface area contributed by atoms with E-state index in [0.717, 1.165) is 22.5 Å². The lowest BCUT2D eigenvalue weighted by molar-refractivity contribution is -0.124. The van der Waals surface area contributed by atoms with Crippen LogP contribution in [0.2, 0.25) is 0 Å². The van der Waals surface area contributed by atoms with Gasteiger partial charge in [0.2, 0.25) is 0 Å². The summed E-state index contributed by atoms with van der Waals surface area (Å²) in [6.07, 6.45) is 3.44. The van der Waals surface area contributed by atoms with Gasteiger partial charge in [-0.15, -0.1) is 0 Å². The number of carbonyl (C=O) groups excluding carboxylic acids is 2. The highest BCUT2D eigenvalue weighted by Crippen LogP contribution is 2.46. The lowest BCUT2D eigenvalue weighted by atomic mass is 10.0. The lowest BCUT2D eigenvalue weighted by Crippen LogP contribution is -2.33. The van der Waals surface area contributed by atoms with Crippen molar-refractivity contribution < 1.29 is 38.0 Å². The predicted octanol–water partition coefficient (Wildman–Crippen LogP) is 5.74. The van der Waals surface area contributed by atoms with Crippen LogP contribution in [0.25, 0.3) is 11.4 Å². The van der Waals surface area contributed by atoms with Crippen LogP contribution in [-0.4, -0.2) is 127 Å². The second kappa shape index (κ2) is 23.6. The molecule has 60 heavy (non-hydrogen) atoms. The maximum atomic E-state index is 14.7. The molecule has 0 aliphatic carbocycles. The second-order valence-corrected chi connectivity index (χ2v) is 13.5. The van der Waals surface area contributed by atoms with Crippen LogP contribution < -0.4 is 10.9 Å². The van der Waals surface area contributed by atoms with Crippen LogP contribution in [0.15, 0.2) is 131 Å². The molecule has 14 nitrogen and oxygen atoms in total. The molecular weight excluding hydrogens is 765 g/mol. The monoisotopic (exact) mass is 816 g/mol. The molecule has 0 spiro atoms. The maximum absolute atomic E-state index is 14.7. The summed E-state index contributed by atoms with van der Waals surface area (Å²) in [6.45, 7) is 4.29. The Hall–Kier alpha value is -6.00. The molecule has 4 aromatic rings. The molecule has 0 aromatic heterocycles. The number of carbonyl (C=O) groups is 2. The molecule has 0 saturated carbocycles. The zero-order valence-corrected chi connectivity index (χ0v) is 34.1. The van der Waals surface area contributed by atoms with Crippen molar-refractivity contribution in [2.75, 3.05) is 104 Å². The fraction of sp³-hybridized carbons (Fsp3) is 0.304. The standard InChI is InChI=1S/C46H52N6O8/c1-55-25-27-59-31-29-57-23-21-51-43(37-17-13-35(14-18-37)33-47-49-39-9-5-3-6-10-39)41-42(45(51)53)44(52(46(41)54)22-24-58-30-32-60-28-26-56-2)38-19-15-36(16-20-38)34-48-50-40-11-7-4-8-12-40/h3-20,33-34,49-50H,21-32H2,1-2H3/b47-33+,48-34+. The van der Waals surface area contributed by atoms with E-state index in [9.17, 15) is 9.59 Å². The summed E-state index contributed by atoms with van der Waals surface area (Å²) in [6, 6.07) is 34.6. The number of rotatable bonds is 26. The van der Waals surface area contributed by atoms with Gasteiger partial charge in [-0.2, -0.15) is 10.2 Å². The Labute approximate surface area is 351 Å². The van der Waals surface area contributed by atoms with Crippen molar-refractivity contribution in [1.82, 2.24) is 9.80 Å². The zero-order chi connectivity index (χ0) is 41.8. The van der Waals surface area contributed by atoms with Crippen molar-refractivity contribution >= 4 is 47.0 Å². The third-order valence-electron chi connectivity index (χ3n) is 9.44. The minimum atomic E-state index is -0.284. The Kier molecular flexibility index (Phi) is 17.1. The highest BCUT2D eigenvalue weighted by Gasteiger charge is 2.48. The molecule has 14 heteroatoms. The molecule has 0 atom stereocenters. The van der Waals surface area contributed by atoms with Crippen LogP contribution in [0.4, 0.5) is 11.4 Å². The van der Waals surface area contributed by atoms with Gasteiger partial charge in [-0.1, -0.05) is 84.9 Å². The molecule has 0 saturated heterocycles. The SMILES string of the molecule is COCCOCCOCCN1C(=O)C2=C(c3ccc(/C=N/Nc4ccccc4)cc3)N(CCOCCOCCOC)C(=O)C2=C1c1ccc(/C=N/Nc2ccccc2)cc1. The van der Waals surface area contributed by atoms with Gasteiger partial charge in [0.15, 0.2) is 0 Å². The van der Waals surface area contributed by atoms with Crippen LogP contribution in [-0.2, 0) is 38.0 Å². The Morgan fingerprint density at radius 1 is 0.467 bits per heavy atom. The summed E-state index contributed by atoms with van der Waals surface area (Å²) in [4.78, 5) is 32.7. The van der Waals surface area contributed by atoms with E-state index >= 15 is 0 Å². The van der Waals surface area contributed by atoms with Crippen molar-refractivity contribution in [3.63, 3.8) is 0 Å². The van der Waals surface area contributed by atoms with Gasteiger partial charge in [0, 0.05) is 27.3 Å². The van der Waals surface area contributed by atoms with Crippen LogP contribution in [0.1, 0.15) is 22.3 Å². The van der Waals surface area contributed by atoms with E-state index in [4.69, 9.17) is 28.4 Å². The first-order valence-electron chi connectivity index (χ1n) is 19.9. The molecular formula is C46H52N6O8. The van der Waals surface area contributed by atoms with E-state index in [0.29, 0.717) is 86.5 Å². The molecule has 2 amide bonds. The van der Waals surface area contributed by atoms with E-state index in [1.54, 1.807) is 36.4 Å². The molecule has 314 valence electrons. The summed E-state index contributed by atoms with van der Waals surface area (Å²) >= 11 is 0. The van der Waals surface area contributed by atoms with Crippen LogP contribution >= 0.6 is 0 Å². The predicted molar refractivity (Wildman–Crippen MR) is 232 cm³/mol.